The zero-order valence-corrected chi connectivity index (χ0v) is 11.3. The van der Waals surface area contributed by atoms with Crippen LogP contribution in [0.2, 0.25) is 0 Å². The Morgan fingerprint density at radius 1 is 1.24 bits per heavy atom. The summed E-state index contributed by atoms with van der Waals surface area (Å²) in [6.45, 7) is 8.19. The van der Waals surface area contributed by atoms with Gasteiger partial charge in [-0.05, 0) is 25.3 Å². The summed E-state index contributed by atoms with van der Waals surface area (Å²) in [5.41, 5.74) is 1.62. The predicted octanol–water partition coefficient (Wildman–Crippen LogP) is 4.21. The summed E-state index contributed by atoms with van der Waals surface area (Å²) < 4.78 is 5.25. The van der Waals surface area contributed by atoms with Crippen LogP contribution < -0.4 is 0 Å². The molecule has 0 aromatic carbocycles. The van der Waals surface area contributed by atoms with Gasteiger partial charge in [0.1, 0.15) is 11.7 Å². The average molecular weight is 236 g/mol. The van der Waals surface area contributed by atoms with Crippen molar-refractivity contribution in [2.45, 2.75) is 52.4 Å². The van der Waals surface area contributed by atoms with Crippen molar-refractivity contribution in [3.8, 4) is 0 Å². The van der Waals surface area contributed by atoms with Crippen molar-refractivity contribution in [2.75, 3.05) is 7.11 Å². The van der Waals surface area contributed by atoms with E-state index in [-0.39, 0.29) is 0 Å². The zero-order valence-electron chi connectivity index (χ0n) is 11.3. The Labute approximate surface area is 105 Å². The lowest BCUT2D eigenvalue weighted by molar-refractivity contribution is 0.298. The molecule has 0 bridgehead atoms. The summed E-state index contributed by atoms with van der Waals surface area (Å²) in [6, 6.07) is 0. The van der Waals surface area contributed by atoms with Crippen molar-refractivity contribution >= 4 is 5.94 Å². The van der Waals surface area contributed by atoms with Crippen molar-refractivity contribution in [2.24, 2.45) is 0 Å². The molecular formula is C15H24O2. The maximum absolute atomic E-state index is 10.9. The number of ether oxygens (including phenoxy) is 1. The quantitative estimate of drug-likeness (QED) is 0.259. The minimum Gasteiger partial charge on any atom is -0.496 e. The van der Waals surface area contributed by atoms with Gasteiger partial charge in [-0.1, -0.05) is 45.3 Å². The molecule has 0 heterocycles. The zero-order chi connectivity index (χ0) is 13.1. The second-order valence-corrected chi connectivity index (χ2v) is 4.16. The lowest BCUT2D eigenvalue weighted by Gasteiger charge is -2.08. The normalized spacial score (nSPS) is 10.9. The number of methoxy groups -OCH3 is 1. The van der Waals surface area contributed by atoms with Crippen LogP contribution in [0.5, 0.6) is 0 Å². The van der Waals surface area contributed by atoms with E-state index in [4.69, 9.17) is 4.74 Å². The highest BCUT2D eigenvalue weighted by Gasteiger charge is 2.07. The van der Waals surface area contributed by atoms with Crippen LogP contribution in [0.3, 0.4) is 0 Å². The molecule has 17 heavy (non-hydrogen) atoms. The number of carbonyl (C=O) groups excluding carboxylic acids is 1. The molecule has 0 rings (SSSR count). The lowest BCUT2D eigenvalue weighted by atomic mass is 10.0. The first kappa shape index (κ1) is 15.7. The van der Waals surface area contributed by atoms with E-state index >= 15 is 0 Å². The largest absolute Gasteiger partial charge is 0.496 e. The summed E-state index contributed by atoms with van der Waals surface area (Å²) in [4.78, 5) is 10.9. The van der Waals surface area contributed by atoms with Gasteiger partial charge in [0, 0.05) is 0 Å². The summed E-state index contributed by atoms with van der Waals surface area (Å²) in [5.74, 6) is 2.61. The van der Waals surface area contributed by atoms with Crippen LogP contribution in [0.4, 0.5) is 0 Å². The van der Waals surface area contributed by atoms with Gasteiger partial charge in [0.25, 0.3) is 0 Å². The minimum absolute atomic E-state index is 0.620. The van der Waals surface area contributed by atoms with Gasteiger partial charge in [0.15, 0.2) is 0 Å². The fourth-order valence-corrected chi connectivity index (χ4v) is 1.62. The molecule has 0 saturated carbocycles. The third-order valence-electron chi connectivity index (χ3n) is 2.58. The van der Waals surface area contributed by atoms with Gasteiger partial charge in [0.05, 0.1) is 12.7 Å². The van der Waals surface area contributed by atoms with Gasteiger partial charge in [-0.2, -0.15) is 0 Å². The Kier molecular flexibility index (Phi) is 9.18. The van der Waals surface area contributed by atoms with Crippen LogP contribution >= 0.6 is 0 Å². The standard InChI is InChI=1S/C15H24O2/c1-5-7-8-10-14(12-16)15(17-4)11-13(3)9-6-2/h11H,3,5-10H2,1-2,4H3/b15-11+. The van der Waals surface area contributed by atoms with E-state index in [1.165, 1.54) is 0 Å². The highest BCUT2D eigenvalue weighted by molar-refractivity contribution is 5.60. The number of rotatable bonds is 9. The molecule has 2 heteroatoms. The van der Waals surface area contributed by atoms with E-state index in [9.17, 15) is 4.79 Å². The van der Waals surface area contributed by atoms with Crippen LogP contribution in [-0.4, -0.2) is 13.1 Å². The van der Waals surface area contributed by atoms with E-state index in [0.29, 0.717) is 11.3 Å². The fourth-order valence-electron chi connectivity index (χ4n) is 1.62. The molecule has 0 N–H and O–H groups in total. The first-order chi connectivity index (χ1) is 8.19. The van der Waals surface area contributed by atoms with Crippen LogP contribution in [0.15, 0.2) is 29.6 Å². The van der Waals surface area contributed by atoms with Gasteiger partial charge in [-0.3, -0.25) is 0 Å². The first-order valence-corrected chi connectivity index (χ1v) is 6.37. The van der Waals surface area contributed by atoms with Crippen molar-refractivity contribution in [1.29, 1.82) is 0 Å². The Morgan fingerprint density at radius 2 is 1.94 bits per heavy atom. The highest BCUT2D eigenvalue weighted by atomic mass is 16.5. The predicted molar refractivity (Wildman–Crippen MR) is 72.5 cm³/mol. The molecule has 0 spiro atoms. The number of unbranched alkanes of at least 4 members (excludes halogenated alkanes) is 2. The second kappa shape index (κ2) is 9.92. The molecule has 0 unspecified atom stereocenters. The molecule has 2 nitrogen and oxygen atoms in total. The van der Waals surface area contributed by atoms with Crippen molar-refractivity contribution in [3.05, 3.63) is 29.6 Å². The average Bonchev–Trinajstić information content (AvgIpc) is 2.33. The number of hydrogen-bond acceptors (Lipinski definition) is 2. The van der Waals surface area contributed by atoms with E-state index < -0.39 is 0 Å². The Balaban J connectivity index is 4.59. The third-order valence-corrected chi connectivity index (χ3v) is 2.58. The van der Waals surface area contributed by atoms with Gasteiger partial charge in [0.2, 0.25) is 0 Å². The van der Waals surface area contributed by atoms with Crippen LogP contribution in [0.1, 0.15) is 52.4 Å². The molecule has 0 fully saturated rings. The monoisotopic (exact) mass is 236 g/mol. The minimum atomic E-state index is 0.620. The third kappa shape index (κ3) is 6.80. The molecule has 0 aromatic heterocycles. The van der Waals surface area contributed by atoms with Gasteiger partial charge in [-0.25, -0.2) is 4.79 Å². The maximum Gasteiger partial charge on any atom is 0.133 e. The SMILES string of the molecule is C=C(/C=C(/OC)C(=C=O)CCCCC)CCC. The number of hydrogen-bond donors (Lipinski definition) is 0. The van der Waals surface area contributed by atoms with Crippen LogP contribution in [0.25, 0.3) is 0 Å². The lowest BCUT2D eigenvalue weighted by Crippen LogP contribution is -1.95. The van der Waals surface area contributed by atoms with Crippen molar-refractivity contribution in [3.63, 3.8) is 0 Å². The van der Waals surface area contributed by atoms with E-state index in [0.717, 1.165) is 44.1 Å². The van der Waals surface area contributed by atoms with Crippen LogP contribution in [-0.2, 0) is 9.53 Å². The van der Waals surface area contributed by atoms with E-state index in [1.807, 2.05) is 12.0 Å². The summed E-state index contributed by atoms with van der Waals surface area (Å²) in [6.07, 6.45) is 7.82. The van der Waals surface area contributed by atoms with E-state index in [1.54, 1.807) is 7.11 Å². The van der Waals surface area contributed by atoms with Gasteiger partial charge in [-0.15, -0.1) is 0 Å². The summed E-state index contributed by atoms with van der Waals surface area (Å²) >= 11 is 0. The Hall–Kier alpha value is -1.27. The van der Waals surface area contributed by atoms with Gasteiger partial charge >= 0.3 is 0 Å². The van der Waals surface area contributed by atoms with Crippen molar-refractivity contribution < 1.29 is 9.53 Å². The molecular weight excluding hydrogens is 212 g/mol. The van der Waals surface area contributed by atoms with E-state index in [2.05, 4.69) is 20.4 Å². The maximum atomic E-state index is 10.9. The van der Waals surface area contributed by atoms with Gasteiger partial charge < -0.3 is 4.74 Å². The second-order valence-electron chi connectivity index (χ2n) is 4.16. The molecule has 0 aliphatic carbocycles. The molecule has 0 amide bonds. The molecule has 0 atom stereocenters. The molecule has 0 aromatic rings. The number of allylic oxidation sites excluding steroid dienone is 3. The Morgan fingerprint density at radius 3 is 2.41 bits per heavy atom. The highest BCUT2D eigenvalue weighted by Crippen LogP contribution is 2.18. The van der Waals surface area contributed by atoms with Crippen LogP contribution in [0, 0.1) is 0 Å². The van der Waals surface area contributed by atoms with Crippen molar-refractivity contribution in [1.82, 2.24) is 0 Å². The smallest absolute Gasteiger partial charge is 0.133 e. The molecule has 96 valence electrons. The fraction of sp³-hybridized carbons (Fsp3) is 0.600. The summed E-state index contributed by atoms with van der Waals surface area (Å²) in [7, 11) is 1.59. The molecule has 0 aliphatic heterocycles. The molecule has 0 aliphatic rings. The summed E-state index contributed by atoms with van der Waals surface area (Å²) in [5, 5.41) is 0. The topological polar surface area (TPSA) is 26.3 Å². The molecule has 0 saturated heterocycles. The molecule has 0 radical (unpaired) electrons. The Bertz CT molecular complexity index is 307. The first-order valence-electron chi connectivity index (χ1n) is 6.37.